The number of piperazine rings is 1. The molecular weight excluding hydrogens is 282 g/mol. The van der Waals surface area contributed by atoms with Crippen LogP contribution in [0, 0.1) is 5.92 Å². The van der Waals surface area contributed by atoms with Crippen LogP contribution in [0.3, 0.4) is 0 Å². The van der Waals surface area contributed by atoms with E-state index in [1.54, 1.807) is 11.3 Å². The Labute approximate surface area is 130 Å². The van der Waals surface area contributed by atoms with Crippen LogP contribution in [0.15, 0.2) is 17.5 Å². The molecule has 0 radical (unpaired) electrons. The third kappa shape index (κ3) is 4.05. The van der Waals surface area contributed by atoms with Crippen LogP contribution in [0.25, 0.3) is 0 Å². The number of nitrogens with zero attached hydrogens (tertiary/aromatic N) is 1. The highest BCUT2D eigenvalue weighted by molar-refractivity contribution is 7.10. The number of amides is 1. The van der Waals surface area contributed by atoms with Gasteiger partial charge >= 0.3 is 0 Å². The molecule has 1 aromatic heterocycles. The second-order valence-corrected chi connectivity index (χ2v) is 7.11. The van der Waals surface area contributed by atoms with Crippen molar-refractivity contribution in [3.05, 3.63) is 22.4 Å². The summed E-state index contributed by atoms with van der Waals surface area (Å²) in [5.74, 6) is 0.804. The molecule has 1 amide bonds. The van der Waals surface area contributed by atoms with Gasteiger partial charge in [0, 0.05) is 31.1 Å². The average Bonchev–Trinajstić information content (AvgIpc) is 3.19. The third-order valence-corrected chi connectivity index (χ3v) is 5.57. The Kier molecular flexibility index (Phi) is 5.27. The maximum Gasteiger partial charge on any atom is 0.234 e. The van der Waals surface area contributed by atoms with E-state index in [2.05, 4.69) is 33.0 Å². The largest absolute Gasteiger partial charge is 0.347 e. The van der Waals surface area contributed by atoms with Gasteiger partial charge in [0.25, 0.3) is 0 Å². The second kappa shape index (κ2) is 7.38. The number of hydrogen-bond acceptors (Lipinski definition) is 4. The predicted molar refractivity (Wildman–Crippen MR) is 86.5 cm³/mol. The van der Waals surface area contributed by atoms with Crippen LogP contribution in [0.2, 0.25) is 0 Å². The van der Waals surface area contributed by atoms with E-state index in [-0.39, 0.29) is 11.9 Å². The van der Waals surface area contributed by atoms with Crippen molar-refractivity contribution in [2.75, 3.05) is 32.7 Å². The topological polar surface area (TPSA) is 44.4 Å². The van der Waals surface area contributed by atoms with Gasteiger partial charge in [-0.05, 0) is 30.2 Å². The molecule has 21 heavy (non-hydrogen) atoms. The maximum atomic E-state index is 12.4. The molecule has 1 aliphatic heterocycles. The number of nitrogens with one attached hydrogen (secondary N) is 2. The first kappa shape index (κ1) is 15.0. The number of rotatable bonds is 5. The first-order valence-corrected chi connectivity index (χ1v) is 8.97. The van der Waals surface area contributed by atoms with E-state index in [1.165, 1.54) is 30.6 Å². The Morgan fingerprint density at radius 2 is 2.14 bits per heavy atom. The van der Waals surface area contributed by atoms with Gasteiger partial charge in [-0.3, -0.25) is 9.69 Å². The zero-order chi connectivity index (χ0) is 14.5. The quantitative estimate of drug-likeness (QED) is 0.874. The standard InChI is InChI=1S/C16H25N3OS/c20-15(12-19-9-7-17-8-10-19)18-16(13-4-1-2-5-13)14-6-3-11-21-14/h3,6,11,13,16-17H,1-2,4-5,7-10,12H2,(H,18,20). The van der Waals surface area contributed by atoms with Crippen molar-refractivity contribution < 1.29 is 4.79 Å². The van der Waals surface area contributed by atoms with Crippen LogP contribution in [0.1, 0.15) is 36.6 Å². The van der Waals surface area contributed by atoms with Crippen molar-refractivity contribution in [2.45, 2.75) is 31.7 Å². The minimum atomic E-state index is 0.183. The molecule has 0 bridgehead atoms. The smallest absolute Gasteiger partial charge is 0.234 e. The van der Waals surface area contributed by atoms with Gasteiger partial charge in [0.1, 0.15) is 0 Å². The van der Waals surface area contributed by atoms with Crippen molar-refractivity contribution >= 4 is 17.2 Å². The van der Waals surface area contributed by atoms with Gasteiger partial charge in [-0.25, -0.2) is 0 Å². The van der Waals surface area contributed by atoms with Gasteiger partial charge in [-0.1, -0.05) is 18.9 Å². The predicted octanol–water partition coefficient (Wildman–Crippen LogP) is 2.00. The van der Waals surface area contributed by atoms with Crippen molar-refractivity contribution in [2.24, 2.45) is 5.92 Å². The highest BCUT2D eigenvalue weighted by atomic mass is 32.1. The van der Waals surface area contributed by atoms with E-state index in [1.807, 2.05) is 0 Å². The van der Waals surface area contributed by atoms with E-state index < -0.39 is 0 Å². The summed E-state index contributed by atoms with van der Waals surface area (Å²) >= 11 is 1.77. The number of hydrogen-bond donors (Lipinski definition) is 2. The monoisotopic (exact) mass is 307 g/mol. The van der Waals surface area contributed by atoms with E-state index in [9.17, 15) is 4.79 Å². The van der Waals surface area contributed by atoms with E-state index in [0.29, 0.717) is 12.5 Å². The molecule has 0 spiro atoms. The SMILES string of the molecule is O=C(CN1CCNCC1)NC(c1cccs1)C1CCCC1. The summed E-state index contributed by atoms with van der Waals surface area (Å²) in [6.45, 7) is 4.46. The molecule has 1 unspecified atom stereocenters. The highest BCUT2D eigenvalue weighted by Gasteiger charge is 2.28. The summed E-state index contributed by atoms with van der Waals surface area (Å²) in [7, 11) is 0. The molecular formula is C16H25N3OS. The molecule has 3 rings (SSSR count). The molecule has 1 atom stereocenters. The van der Waals surface area contributed by atoms with Crippen molar-refractivity contribution in [3.63, 3.8) is 0 Å². The van der Waals surface area contributed by atoms with Gasteiger partial charge in [-0.2, -0.15) is 0 Å². The lowest BCUT2D eigenvalue weighted by Crippen LogP contribution is -2.48. The molecule has 1 saturated carbocycles. The summed E-state index contributed by atoms with van der Waals surface area (Å²) in [6.07, 6.45) is 5.10. The van der Waals surface area contributed by atoms with Gasteiger partial charge in [0.05, 0.1) is 12.6 Å². The first-order chi connectivity index (χ1) is 10.3. The highest BCUT2D eigenvalue weighted by Crippen LogP contribution is 2.37. The minimum Gasteiger partial charge on any atom is -0.347 e. The second-order valence-electron chi connectivity index (χ2n) is 6.13. The molecule has 0 aromatic carbocycles. The van der Waals surface area contributed by atoms with E-state index >= 15 is 0 Å². The molecule has 5 heteroatoms. The summed E-state index contributed by atoms with van der Waals surface area (Å²) in [5, 5.41) is 8.75. The lowest BCUT2D eigenvalue weighted by molar-refractivity contribution is -0.123. The Hall–Kier alpha value is -0.910. The van der Waals surface area contributed by atoms with Crippen molar-refractivity contribution in [1.29, 1.82) is 0 Å². The molecule has 1 saturated heterocycles. The molecule has 1 aliphatic carbocycles. The fourth-order valence-electron chi connectivity index (χ4n) is 3.47. The number of carbonyl (C=O) groups is 1. The van der Waals surface area contributed by atoms with E-state index in [0.717, 1.165) is 26.2 Å². The molecule has 116 valence electrons. The maximum absolute atomic E-state index is 12.4. The van der Waals surface area contributed by atoms with Crippen molar-refractivity contribution in [1.82, 2.24) is 15.5 Å². The fraction of sp³-hybridized carbons (Fsp3) is 0.688. The number of thiophene rings is 1. The zero-order valence-corrected chi connectivity index (χ0v) is 13.3. The third-order valence-electron chi connectivity index (χ3n) is 4.61. The Balaban J connectivity index is 1.59. The van der Waals surface area contributed by atoms with Gasteiger partial charge in [0.15, 0.2) is 0 Å². The Bertz CT molecular complexity index is 436. The van der Waals surface area contributed by atoms with Gasteiger partial charge in [-0.15, -0.1) is 11.3 Å². The lowest BCUT2D eigenvalue weighted by Gasteiger charge is -2.29. The normalized spacial score (nSPS) is 22.3. The summed E-state index contributed by atoms with van der Waals surface area (Å²) < 4.78 is 0. The van der Waals surface area contributed by atoms with Crippen LogP contribution < -0.4 is 10.6 Å². The van der Waals surface area contributed by atoms with Gasteiger partial charge in [0.2, 0.25) is 5.91 Å². The molecule has 2 N–H and O–H groups in total. The van der Waals surface area contributed by atoms with E-state index in [4.69, 9.17) is 0 Å². The first-order valence-electron chi connectivity index (χ1n) is 8.09. The molecule has 1 aromatic rings. The Morgan fingerprint density at radius 3 is 2.81 bits per heavy atom. The average molecular weight is 307 g/mol. The lowest BCUT2D eigenvalue weighted by atomic mass is 9.96. The summed E-state index contributed by atoms with van der Waals surface area (Å²) in [5.41, 5.74) is 0. The molecule has 2 fully saturated rings. The van der Waals surface area contributed by atoms with Gasteiger partial charge < -0.3 is 10.6 Å². The molecule has 2 aliphatic rings. The van der Waals surface area contributed by atoms with Crippen LogP contribution in [-0.2, 0) is 4.79 Å². The zero-order valence-electron chi connectivity index (χ0n) is 12.5. The summed E-state index contributed by atoms with van der Waals surface area (Å²) in [6, 6.07) is 4.48. The van der Waals surface area contributed by atoms with Crippen LogP contribution in [-0.4, -0.2) is 43.5 Å². The van der Waals surface area contributed by atoms with Crippen LogP contribution in [0.5, 0.6) is 0 Å². The summed E-state index contributed by atoms with van der Waals surface area (Å²) in [4.78, 5) is 16.0. The van der Waals surface area contributed by atoms with Crippen LogP contribution >= 0.6 is 11.3 Å². The fourth-order valence-corrected chi connectivity index (χ4v) is 4.34. The van der Waals surface area contributed by atoms with Crippen LogP contribution in [0.4, 0.5) is 0 Å². The molecule has 2 heterocycles. The van der Waals surface area contributed by atoms with Crippen molar-refractivity contribution in [3.8, 4) is 0 Å². The Morgan fingerprint density at radius 1 is 1.38 bits per heavy atom. The molecule has 4 nitrogen and oxygen atoms in total. The minimum absolute atomic E-state index is 0.183. The number of carbonyl (C=O) groups excluding carboxylic acids is 1.